The minimum Gasteiger partial charge on any atom is -0.353 e. The Labute approximate surface area is 160 Å². The molecule has 2 heterocycles. The number of benzene rings is 1. The number of aromatic amines is 1. The largest absolute Gasteiger partial charge is 0.353 e. The number of thioether (sulfide) groups is 1. The van der Waals surface area contributed by atoms with E-state index in [1.54, 1.807) is 4.57 Å². The number of carbonyl (C=O) groups is 1. The van der Waals surface area contributed by atoms with Gasteiger partial charge in [0.2, 0.25) is 5.91 Å². The molecule has 142 valence electrons. The van der Waals surface area contributed by atoms with Gasteiger partial charge < -0.3 is 10.3 Å². The molecule has 0 radical (unpaired) electrons. The minimum absolute atomic E-state index is 0.102. The van der Waals surface area contributed by atoms with Gasteiger partial charge in [-0.25, -0.2) is 9.37 Å². The van der Waals surface area contributed by atoms with E-state index in [9.17, 15) is 14.0 Å². The number of rotatable bonds is 7. The van der Waals surface area contributed by atoms with Crippen molar-refractivity contribution in [2.45, 2.75) is 38.4 Å². The summed E-state index contributed by atoms with van der Waals surface area (Å²) in [5.41, 5.74) is 2.36. The van der Waals surface area contributed by atoms with Gasteiger partial charge in [-0.05, 0) is 43.7 Å². The van der Waals surface area contributed by atoms with Crippen LogP contribution in [0.3, 0.4) is 0 Å². The highest BCUT2D eigenvalue weighted by Gasteiger charge is 2.14. The molecule has 0 aliphatic carbocycles. The first-order valence-electron chi connectivity index (χ1n) is 8.76. The summed E-state index contributed by atoms with van der Waals surface area (Å²) in [4.78, 5) is 32.6. The number of amides is 1. The zero-order valence-electron chi connectivity index (χ0n) is 15.2. The predicted molar refractivity (Wildman–Crippen MR) is 106 cm³/mol. The van der Waals surface area contributed by atoms with Crippen LogP contribution in [0.1, 0.15) is 25.5 Å². The lowest BCUT2D eigenvalue weighted by molar-refractivity contribution is -0.113. The van der Waals surface area contributed by atoms with Gasteiger partial charge in [0.1, 0.15) is 11.3 Å². The topological polar surface area (TPSA) is 79.8 Å². The van der Waals surface area contributed by atoms with E-state index >= 15 is 0 Å². The first-order chi connectivity index (χ1) is 13.0. The van der Waals surface area contributed by atoms with Gasteiger partial charge in [0, 0.05) is 17.9 Å². The number of hydrogen-bond donors (Lipinski definition) is 2. The van der Waals surface area contributed by atoms with Gasteiger partial charge >= 0.3 is 0 Å². The molecular formula is C19H21FN4O2S. The molecule has 0 spiro atoms. The molecule has 0 bridgehead atoms. The summed E-state index contributed by atoms with van der Waals surface area (Å²) >= 11 is 1.22. The van der Waals surface area contributed by atoms with Gasteiger partial charge in [-0.1, -0.05) is 25.1 Å². The summed E-state index contributed by atoms with van der Waals surface area (Å²) in [6.07, 6.45) is 1.80. The molecular weight excluding hydrogens is 367 g/mol. The number of H-pyrrole nitrogens is 1. The average molecular weight is 388 g/mol. The number of carbonyl (C=O) groups excluding carboxylic acids is 1. The molecule has 0 aliphatic rings. The van der Waals surface area contributed by atoms with Crippen LogP contribution in [0, 0.1) is 12.7 Å². The smallest absolute Gasteiger partial charge is 0.278 e. The van der Waals surface area contributed by atoms with Crippen LogP contribution in [0.15, 0.2) is 40.3 Å². The van der Waals surface area contributed by atoms with Crippen molar-refractivity contribution in [3.8, 4) is 0 Å². The van der Waals surface area contributed by atoms with E-state index in [1.165, 1.54) is 36.0 Å². The van der Waals surface area contributed by atoms with Crippen molar-refractivity contribution >= 4 is 34.4 Å². The zero-order chi connectivity index (χ0) is 19.4. The number of halogens is 1. The molecule has 2 aromatic heterocycles. The van der Waals surface area contributed by atoms with E-state index in [4.69, 9.17) is 0 Å². The third kappa shape index (κ3) is 4.57. The summed E-state index contributed by atoms with van der Waals surface area (Å²) in [7, 11) is 0. The highest BCUT2D eigenvalue weighted by Crippen LogP contribution is 2.19. The van der Waals surface area contributed by atoms with Crippen LogP contribution in [0.5, 0.6) is 0 Å². The Morgan fingerprint density at radius 2 is 2.07 bits per heavy atom. The fraction of sp³-hybridized carbons (Fsp3) is 0.316. The maximum absolute atomic E-state index is 12.9. The Bertz CT molecular complexity index is 1010. The normalized spacial score (nSPS) is 11.1. The van der Waals surface area contributed by atoms with E-state index in [0.717, 1.165) is 18.5 Å². The van der Waals surface area contributed by atoms with Crippen molar-refractivity contribution < 1.29 is 9.18 Å². The number of hydrogen-bond acceptors (Lipinski definition) is 4. The second kappa shape index (κ2) is 8.39. The van der Waals surface area contributed by atoms with Crippen LogP contribution < -0.4 is 10.9 Å². The van der Waals surface area contributed by atoms with Crippen molar-refractivity contribution in [2.75, 3.05) is 11.1 Å². The second-order valence-corrected chi connectivity index (χ2v) is 7.20. The molecule has 1 aromatic carbocycles. The van der Waals surface area contributed by atoms with Crippen molar-refractivity contribution in [1.82, 2.24) is 14.5 Å². The zero-order valence-corrected chi connectivity index (χ0v) is 16.0. The fourth-order valence-corrected chi connectivity index (χ4v) is 3.52. The Kier molecular flexibility index (Phi) is 5.95. The Balaban J connectivity index is 1.79. The molecule has 3 rings (SSSR count). The van der Waals surface area contributed by atoms with Gasteiger partial charge in [-0.2, -0.15) is 0 Å². The number of anilines is 1. The number of aryl methyl sites for hydroxylation is 1. The van der Waals surface area contributed by atoms with Crippen LogP contribution >= 0.6 is 11.8 Å². The van der Waals surface area contributed by atoms with Crippen molar-refractivity contribution in [2.24, 2.45) is 0 Å². The Hall–Kier alpha value is -2.61. The van der Waals surface area contributed by atoms with Crippen molar-refractivity contribution in [3.05, 3.63) is 52.2 Å². The van der Waals surface area contributed by atoms with Crippen LogP contribution in [0.25, 0.3) is 11.0 Å². The van der Waals surface area contributed by atoms with Crippen LogP contribution in [-0.4, -0.2) is 26.2 Å². The fourth-order valence-electron chi connectivity index (χ4n) is 2.69. The lowest BCUT2D eigenvalue weighted by Gasteiger charge is -2.11. The molecule has 27 heavy (non-hydrogen) atoms. The molecule has 0 unspecified atom stereocenters. The van der Waals surface area contributed by atoms with Gasteiger partial charge in [-0.15, -0.1) is 0 Å². The van der Waals surface area contributed by atoms with Gasteiger partial charge in [0.05, 0.1) is 11.3 Å². The second-order valence-electron chi connectivity index (χ2n) is 6.26. The molecule has 8 heteroatoms. The highest BCUT2D eigenvalue weighted by atomic mass is 32.2. The maximum atomic E-state index is 12.9. The molecule has 6 nitrogen and oxygen atoms in total. The summed E-state index contributed by atoms with van der Waals surface area (Å²) in [6, 6.07) is 7.40. The first-order valence-corrected chi connectivity index (χ1v) is 9.75. The molecule has 0 atom stereocenters. The molecule has 0 saturated heterocycles. The molecule has 1 amide bonds. The van der Waals surface area contributed by atoms with Crippen LogP contribution in [-0.2, 0) is 11.3 Å². The minimum atomic E-state index is -0.360. The predicted octanol–water partition coefficient (Wildman–Crippen LogP) is 3.70. The SMILES string of the molecule is CCCCn1c(SCC(=O)Nc2ccc(F)cc2)nc2cc(C)[nH]c2c1=O. The lowest BCUT2D eigenvalue weighted by atomic mass is 10.3. The van der Waals surface area contributed by atoms with Crippen molar-refractivity contribution in [1.29, 1.82) is 0 Å². The van der Waals surface area contributed by atoms with Crippen LogP contribution in [0.4, 0.5) is 10.1 Å². The summed E-state index contributed by atoms with van der Waals surface area (Å²) < 4.78 is 14.6. The van der Waals surface area contributed by atoms with Gasteiger partial charge in [0.15, 0.2) is 5.16 Å². The Morgan fingerprint density at radius 1 is 1.33 bits per heavy atom. The standard InChI is InChI=1S/C19H21FN4O2S/c1-3-4-9-24-18(26)17-15(10-12(2)21-17)23-19(24)27-11-16(25)22-14-7-5-13(20)6-8-14/h5-8,10,21H,3-4,9,11H2,1-2H3,(H,22,25). The third-order valence-corrected chi connectivity index (χ3v) is 5.01. The summed E-state index contributed by atoms with van der Waals surface area (Å²) in [6.45, 7) is 4.48. The molecule has 0 saturated carbocycles. The van der Waals surface area contributed by atoms with Gasteiger partial charge in [0.25, 0.3) is 5.56 Å². The third-order valence-electron chi connectivity index (χ3n) is 4.03. The number of unbranched alkanes of at least 4 members (excludes halogenated alkanes) is 1. The maximum Gasteiger partial charge on any atom is 0.278 e. The Morgan fingerprint density at radius 3 is 2.78 bits per heavy atom. The van der Waals surface area contributed by atoms with E-state index in [1.807, 2.05) is 13.0 Å². The van der Waals surface area contributed by atoms with E-state index < -0.39 is 0 Å². The average Bonchev–Trinajstić information content (AvgIpc) is 3.02. The molecule has 0 fully saturated rings. The highest BCUT2D eigenvalue weighted by molar-refractivity contribution is 7.99. The molecule has 0 aliphatic heterocycles. The monoisotopic (exact) mass is 388 g/mol. The number of nitrogens with zero attached hydrogens (tertiary/aromatic N) is 2. The van der Waals surface area contributed by atoms with Crippen molar-refractivity contribution in [3.63, 3.8) is 0 Å². The summed E-state index contributed by atoms with van der Waals surface area (Å²) in [5, 5.41) is 3.23. The number of nitrogens with one attached hydrogen (secondary N) is 2. The lowest BCUT2D eigenvalue weighted by Crippen LogP contribution is -2.24. The quantitative estimate of drug-likeness (QED) is 0.478. The van der Waals surface area contributed by atoms with E-state index in [0.29, 0.717) is 28.4 Å². The van der Waals surface area contributed by atoms with E-state index in [-0.39, 0.29) is 23.0 Å². The number of aromatic nitrogens is 3. The molecule has 2 N–H and O–H groups in total. The van der Waals surface area contributed by atoms with E-state index in [2.05, 4.69) is 22.2 Å². The van der Waals surface area contributed by atoms with Crippen LogP contribution in [0.2, 0.25) is 0 Å². The first kappa shape index (κ1) is 19.2. The van der Waals surface area contributed by atoms with Gasteiger partial charge in [-0.3, -0.25) is 14.2 Å². The number of fused-ring (bicyclic) bond motifs is 1. The summed E-state index contributed by atoms with van der Waals surface area (Å²) in [5.74, 6) is -0.500. The molecule has 3 aromatic rings.